The number of fused-ring (bicyclic) bond motifs is 1. The maximum Gasteiger partial charge on any atom is 0.270 e. The Morgan fingerprint density at radius 3 is 2.95 bits per heavy atom. The molecule has 21 heavy (non-hydrogen) atoms. The molecule has 3 rings (SSSR count). The molecule has 0 spiro atoms. The molecule has 2 atom stereocenters. The third-order valence-corrected chi connectivity index (χ3v) is 4.23. The van der Waals surface area contributed by atoms with Crippen LogP contribution in [0, 0.1) is 21.4 Å². The first-order valence-electron chi connectivity index (χ1n) is 6.85. The normalized spacial score (nSPS) is 25.4. The number of nitro groups is 1. The quantitative estimate of drug-likeness (QED) is 0.596. The fourth-order valence-electron chi connectivity index (χ4n) is 3.06. The molecular formula is C14H16N4O3. The molecule has 0 aromatic heterocycles. The molecule has 0 amide bonds. The zero-order valence-corrected chi connectivity index (χ0v) is 11.7. The smallest absolute Gasteiger partial charge is 0.270 e. The van der Waals surface area contributed by atoms with Crippen molar-refractivity contribution in [2.75, 3.05) is 38.2 Å². The molecule has 2 unspecified atom stereocenters. The summed E-state index contributed by atoms with van der Waals surface area (Å²) in [6.07, 6.45) is 0.130. The molecule has 7 heteroatoms. The van der Waals surface area contributed by atoms with Crippen LogP contribution in [0.25, 0.3) is 0 Å². The lowest BCUT2D eigenvalue weighted by atomic mass is 10.1. The summed E-state index contributed by atoms with van der Waals surface area (Å²) in [4.78, 5) is 14.7. The Bertz CT molecular complexity index is 613. The van der Waals surface area contributed by atoms with Gasteiger partial charge in [0.05, 0.1) is 34.9 Å². The van der Waals surface area contributed by atoms with Gasteiger partial charge in [0, 0.05) is 31.8 Å². The summed E-state index contributed by atoms with van der Waals surface area (Å²) < 4.78 is 5.79. The maximum atomic E-state index is 10.8. The molecule has 110 valence electrons. The number of nitro benzene ring substituents is 1. The van der Waals surface area contributed by atoms with Crippen LogP contribution in [-0.2, 0) is 4.74 Å². The average molecular weight is 288 g/mol. The molecule has 2 aliphatic heterocycles. The zero-order chi connectivity index (χ0) is 15.0. The van der Waals surface area contributed by atoms with Crippen molar-refractivity contribution in [2.45, 2.75) is 12.1 Å². The lowest BCUT2D eigenvalue weighted by Gasteiger charge is -2.33. The molecule has 0 aliphatic carbocycles. The summed E-state index contributed by atoms with van der Waals surface area (Å²) in [5, 5.41) is 20.1. The van der Waals surface area contributed by atoms with Crippen LogP contribution in [0.15, 0.2) is 18.2 Å². The highest BCUT2D eigenvalue weighted by Gasteiger charge is 2.39. The standard InChI is InChI=1S/C14H16N4O3/c1-16-4-5-21-14-9-17(8-13(14)16)12-3-2-11(18(19)20)6-10(12)7-15/h2-3,6,13-14H,4-5,8-9H2,1H3. The van der Waals surface area contributed by atoms with Crippen molar-refractivity contribution >= 4 is 11.4 Å². The number of non-ortho nitro benzene ring substituents is 1. The minimum atomic E-state index is -0.481. The number of benzene rings is 1. The molecule has 0 N–H and O–H groups in total. The van der Waals surface area contributed by atoms with E-state index in [0.29, 0.717) is 18.2 Å². The Hall–Kier alpha value is -2.17. The van der Waals surface area contributed by atoms with Crippen molar-refractivity contribution in [1.82, 2.24) is 4.90 Å². The van der Waals surface area contributed by atoms with Gasteiger partial charge >= 0.3 is 0 Å². The lowest BCUT2D eigenvalue weighted by Crippen LogP contribution is -2.48. The molecule has 7 nitrogen and oxygen atoms in total. The van der Waals surface area contributed by atoms with Crippen molar-refractivity contribution in [3.8, 4) is 6.07 Å². The van der Waals surface area contributed by atoms with E-state index in [1.54, 1.807) is 6.07 Å². The second-order valence-electron chi connectivity index (χ2n) is 5.43. The van der Waals surface area contributed by atoms with E-state index in [1.165, 1.54) is 12.1 Å². The van der Waals surface area contributed by atoms with Gasteiger partial charge in [-0.05, 0) is 13.1 Å². The minimum Gasteiger partial charge on any atom is -0.373 e. The van der Waals surface area contributed by atoms with Crippen LogP contribution in [-0.4, -0.2) is 55.3 Å². The number of nitrogens with zero attached hydrogens (tertiary/aromatic N) is 4. The Morgan fingerprint density at radius 1 is 1.48 bits per heavy atom. The first kappa shape index (κ1) is 13.8. The molecule has 1 aromatic rings. The van der Waals surface area contributed by atoms with Gasteiger partial charge in [0.1, 0.15) is 6.07 Å². The van der Waals surface area contributed by atoms with E-state index in [1.807, 2.05) is 0 Å². The van der Waals surface area contributed by atoms with Gasteiger partial charge in [-0.25, -0.2) is 0 Å². The number of rotatable bonds is 2. The van der Waals surface area contributed by atoms with Crippen molar-refractivity contribution in [3.05, 3.63) is 33.9 Å². The van der Waals surface area contributed by atoms with Crippen LogP contribution < -0.4 is 4.90 Å². The molecule has 2 aliphatic rings. The Kier molecular flexibility index (Phi) is 3.49. The van der Waals surface area contributed by atoms with Crippen LogP contribution in [0.3, 0.4) is 0 Å². The zero-order valence-electron chi connectivity index (χ0n) is 11.7. The van der Waals surface area contributed by atoms with Gasteiger partial charge in [0.15, 0.2) is 0 Å². The second-order valence-corrected chi connectivity index (χ2v) is 5.43. The topological polar surface area (TPSA) is 82.6 Å². The van der Waals surface area contributed by atoms with Crippen molar-refractivity contribution in [3.63, 3.8) is 0 Å². The van der Waals surface area contributed by atoms with E-state index in [-0.39, 0.29) is 11.8 Å². The highest BCUT2D eigenvalue weighted by molar-refractivity contribution is 5.63. The van der Waals surface area contributed by atoms with Crippen LogP contribution in [0.2, 0.25) is 0 Å². The highest BCUT2D eigenvalue weighted by atomic mass is 16.6. The van der Waals surface area contributed by atoms with Gasteiger partial charge in [-0.3, -0.25) is 15.0 Å². The predicted octanol–water partition coefficient (Wildman–Crippen LogP) is 0.986. The largest absolute Gasteiger partial charge is 0.373 e. The van der Waals surface area contributed by atoms with E-state index < -0.39 is 4.92 Å². The van der Waals surface area contributed by atoms with Crippen molar-refractivity contribution < 1.29 is 9.66 Å². The summed E-state index contributed by atoms with van der Waals surface area (Å²) in [6.45, 7) is 3.10. The van der Waals surface area contributed by atoms with E-state index in [9.17, 15) is 15.4 Å². The Labute approximate surface area is 122 Å². The first-order chi connectivity index (χ1) is 10.1. The third kappa shape index (κ3) is 2.44. The number of anilines is 1. The van der Waals surface area contributed by atoms with Gasteiger partial charge < -0.3 is 9.64 Å². The summed E-state index contributed by atoms with van der Waals surface area (Å²) in [5.41, 5.74) is 1.03. The van der Waals surface area contributed by atoms with Crippen LogP contribution in [0.5, 0.6) is 0 Å². The summed E-state index contributed by atoms with van der Waals surface area (Å²) in [5.74, 6) is 0. The molecule has 1 aromatic carbocycles. The third-order valence-electron chi connectivity index (χ3n) is 4.23. The van der Waals surface area contributed by atoms with E-state index in [0.717, 1.165) is 25.4 Å². The van der Waals surface area contributed by atoms with Crippen LogP contribution in [0.4, 0.5) is 11.4 Å². The number of likely N-dealkylation sites (N-methyl/N-ethyl adjacent to an activating group) is 1. The number of nitriles is 1. The molecule has 2 fully saturated rings. The van der Waals surface area contributed by atoms with Gasteiger partial charge in [-0.15, -0.1) is 0 Å². The Balaban J connectivity index is 1.88. The molecule has 0 radical (unpaired) electrons. The minimum absolute atomic E-state index is 0.0553. The molecule has 2 saturated heterocycles. The second kappa shape index (κ2) is 5.31. The van der Waals surface area contributed by atoms with E-state index in [4.69, 9.17) is 4.74 Å². The predicted molar refractivity (Wildman–Crippen MR) is 76.2 cm³/mol. The molecule has 0 bridgehead atoms. The van der Waals surface area contributed by atoms with Crippen LogP contribution >= 0.6 is 0 Å². The average Bonchev–Trinajstić information content (AvgIpc) is 2.91. The molecule has 0 saturated carbocycles. The maximum absolute atomic E-state index is 10.8. The van der Waals surface area contributed by atoms with E-state index in [2.05, 4.69) is 22.9 Å². The number of hydrogen-bond acceptors (Lipinski definition) is 6. The van der Waals surface area contributed by atoms with E-state index >= 15 is 0 Å². The molecule has 2 heterocycles. The fraction of sp³-hybridized carbons (Fsp3) is 0.500. The fourth-order valence-corrected chi connectivity index (χ4v) is 3.06. The van der Waals surface area contributed by atoms with Gasteiger partial charge in [-0.1, -0.05) is 0 Å². The molecular weight excluding hydrogens is 272 g/mol. The van der Waals surface area contributed by atoms with Gasteiger partial charge in [0.2, 0.25) is 0 Å². The highest BCUT2D eigenvalue weighted by Crippen LogP contribution is 2.30. The SMILES string of the molecule is CN1CCOC2CN(c3ccc([N+](=O)[O-])cc3C#N)CC21. The van der Waals surface area contributed by atoms with Crippen LogP contribution in [0.1, 0.15) is 5.56 Å². The summed E-state index contributed by atoms with van der Waals surface area (Å²) in [7, 11) is 2.07. The number of morpholine rings is 1. The van der Waals surface area contributed by atoms with Crippen molar-refractivity contribution in [1.29, 1.82) is 5.26 Å². The monoisotopic (exact) mass is 288 g/mol. The van der Waals surface area contributed by atoms with Crippen molar-refractivity contribution in [2.24, 2.45) is 0 Å². The summed E-state index contributed by atoms with van der Waals surface area (Å²) in [6, 6.07) is 6.81. The van der Waals surface area contributed by atoms with Gasteiger partial charge in [-0.2, -0.15) is 5.26 Å². The van der Waals surface area contributed by atoms with Gasteiger partial charge in [0.25, 0.3) is 5.69 Å². The first-order valence-corrected chi connectivity index (χ1v) is 6.85. The number of ether oxygens (including phenoxy) is 1. The Morgan fingerprint density at radius 2 is 2.29 bits per heavy atom. The number of hydrogen-bond donors (Lipinski definition) is 0. The lowest BCUT2D eigenvalue weighted by molar-refractivity contribution is -0.384. The summed E-state index contributed by atoms with van der Waals surface area (Å²) >= 11 is 0.